The van der Waals surface area contributed by atoms with Gasteiger partial charge in [-0.2, -0.15) is 0 Å². The van der Waals surface area contributed by atoms with E-state index in [-0.39, 0.29) is 16.9 Å². The molecule has 0 amide bonds. The van der Waals surface area contributed by atoms with Crippen LogP contribution in [0.4, 0.5) is 0 Å². The first-order valence-electron chi connectivity index (χ1n) is 7.41. The molecule has 1 aliphatic heterocycles. The number of benzene rings is 1. The molecule has 21 heavy (non-hydrogen) atoms. The number of ether oxygens (including phenoxy) is 1. The van der Waals surface area contributed by atoms with Crippen LogP contribution in [0, 0.1) is 5.41 Å². The number of hydrogen-bond donors (Lipinski definition) is 2. The lowest BCUT2D eigenvalue weighted by molar-refractivity contribution is 0.134. The van der Waals surface area contributed by atoms with E-state index in [1.807, 2.05) is 0 Å². The van der Waals surface area contributed by atoms with Gasteiger partial charge in [-0.3, -0.25) is 0 Å². The van der Waals surface area contributed by atoms with E-state index in [4.69, 9.17) is 4.74 Å². The summed E-state index contributed by atoms with van der Waals surface area (Å²) in [6.07, 6.45) is 4.62. The van der Waals surface area contributed by atoms with Crippen molar-refractivity contribution in [3.63, 3.8) is 0 Å². The Morgan fingerprint density at radius 1 is 1.29 bits per heavy atom. The number of aliphatic hydroxyl groups excluding tert-OH is 1. The molecule has 0 aromatic heterocycles. The van der Waals surface area contributed by atoms with Gasteiger partial charge >= 0.3 is 0 Å². The molecule has 5 nitrogen and oxygen atoms in total. The van der Waals surface area contributed by atoms with Crippen LogP contribution >= 0.6 is 0 Å². The van der Waals surface area contributed by atoms with Gasteiger partial charge in [0.05, 0.1) is 11.5 Å². The van der Waals surface area contributed by atoms with Crippen molar-refractivity contribution in [2.75, 3.05) is 19.8 Å². The topological polar surface area (TPSA) is 75.6 Å². The Hall–Kier alpha value is -1.11. The third kappa shape index (κ3) is 2.93. The Bertz CT molecular complexity index is 621. The van der Waals surface area contributed by atoms with Gasteiger partial charge in [-0.1, -0.05) is 12.8 Å². The zero-order valence-electron chi connectivity index (χ0n) is 12.0. The Balaban J connectivity index is 1.75. The van der Waals surface area contributed by atoms with E-state index in [9.17, 15) is 13.5 Å². The summed E-state index contributed by atoms with van der Waals surface area (Å²) in [5.74, 6) is 0.775. The smallest absolute Gasteiger partial charge is 0.240 e. The predicted molar refractivity (Wildman–Crippen MR) is 78.8 cm³/mol. The number of aliphatic hydroxyl groups is 1. The van der Waals surface area contributed by atoms with Crippen LogP contribution in [0.2, 0.25) is 0 Å². The average Bonchev–Trinajstić information content (AvgIpc) is 3.14. The third-order valence-corrected chi connectivity index (χ3v) is 6.01. The van der Waals surface area contributed by atoms with Gasteiger partial charge in [-0.15, -0.1) is 0 Å². The molecule has 0 saturated heterocycles. The van der Waals surface area contributed by atoms with E-state index in [0.29, 0.717) is 13.2 Å². The van der Waals surface area contributed by atoms with Crippen LogP contribution in [0.15, 0.2) is 23.1 Å². The quantitative estimate of drug-likeness (QED) is 0.863. The lowest BCUT2D eigenvalue weighted by Gasteiger charge is -2.26. The van der Waals surface area contributed by atoms with Crippen LogP contribution in [-0.4, -0.2) is 33.3 Å². The summed E-state index contributed by atoms with van der Waals surface area (Å²) in [6.45, 7) is 0.951. The summed E-state index contributed by atoms with van der Waals surface area (Å²) in [5, 5.41) is 9.56. The van der Waals surface area contributed by atoms with Crippen molar-refractivity contribution in [3.8, 4) is 5.75 Å². The van der Waals surface area contributed by atoms with E-state index in [0.717, 1.165) is 43.4 Å². The van der Waals surface area contributed by atoms with Crippen LogP contribution in [-0.2, 0) is 16.4 Å². The highest BCUT2D eigenvalue weighted by atomic mass is 32.2. The molecule has 1 aromatic rings. The molecule has 0 atom stereocenters. The van der Waals surface area contributed by atoms with E-state index in [2.05, 4.69) is 4.72 Å². The lowest BCUT2D eigenvalue weighted by atomic mass is 9.88. The maximum atomic E-state index is 12.4. The highest BCUT2D eigenvalue weighted by Crippen LogP contribution is 2.37. The standard InChI is InChI=1S/C15H21NO4S/c17-11-15(6-1-2-7-15)10-16-21(18,19)13-3-4-14-12(9-13)5-8-20-14/h3-4,9,16-17H,1-2,5-8,10-11H2. The molecule has 1 aromatic carbocycles. The van der Waals surface area contributed by atoms with Crippen molar-refractivity contribution in [2.24, 2.45) is 5.41 Å². The second-order valence-corrected chi connectivity index (χ2v) is 7.82. The first kappa shape index (κ1) is 14.8. The van der Waals surface area contributed by atoms with E-state index < -0.39 is 10.0 Å². The molecule has 1 fully saturated rings. The molecule has 1 aliphatic carbocycles. The van der Waals surface area contributed by atoms with Crippen molar-refractivity contribution in [3.05, 3.63) is 23.8 Å². The first-order chi connectivity index (χ1) is 10.0. The Morgan fingerprint density at radius 2 is 2.05 bits per heavy atom. The summed E-state index contributed by atoms with van der Waals surface area (Å²) < 4.78 is 32.9. The minimum absolute atomic E-state index is 0.0353. The zero-order chi connectivity index (χ0) is 14.9. The Kier molecular flexibility index (Phi) is 3.94. The number of fused-ring (bicyclic) bond motifs is 1. The Labute approximate surface area is 125 Å². The molecule has 6 heteroatoms. The van der Waals surface area contributed by atoms with Crippen molar-refractivity contribution in [1.82, 2.24) is 4.72 Å². The summed E-state index contributed by atoms with van der Waals surface area (Å²) >= 11 is 0. The van der Waals surface area contributed by atoms with Gasteiger partial charge in [-0.05, 0) is 36.6 Å². The lowest BCUT2D eigenvalue weighted by Crippen LogP contribution is -2.38. The molecule has 0 unspecified atom stereocenters. The van der Waals surface area contributed by atoms with Crippen molar-refractivity contribution in [1.29, 1.82) is 0 Å². The average molecular weight is 311 g/mol. The molecule has 0 spiro atoms. The summed E-state index contributed by atoms with van der Waals surface area (Å²) in [5.41, 5.74) is 0.656. The van der Waals surface area contributed by atoms with Crippen LogP contribution in [0.25, 0.3) is 0 Å². The van der Waals surface area contributed by atoms with Gasteiger partial charge in [0.15, 0.2) is 0 Å². The largest absolute Gasteiger partial charge is 0.493 e. The number of sulfonamides is 1. The molecule has 116 valence electrons. The van der Waals surface area contributed by atoms with Gasteiger partial charge < -0.3 is 9.84 Å². The van der Waals surface area contributed by atoms with Crippen molar-refractivity contribution < 1.29 is 18.3 Å². The SMILES string of the molecule is O=S(=O)(NCC1(CO)CCCC1)c1ccc2c(c1)CCO2. The summed E-state index contributed by atoms with van der Waals surface area (Å²) in [6, 6.07) is 4.98. The van der Waals surface area contributed by atoms with Crippen LogP contribution < -0.4 is 9.46 Å². The van der Waals surface area contributed by atoms with E-state index >= 15 is 0 Å². The van der Waals surface area contributed by atoms with E-state index in [1.54, 1.807) is 18.2 Å². The monoisotopic (exact) mass is 311 g/mol. The minimum Gasteiger partial charge on any atom is -0.493 e. The molecule has 0 bridgehead atoms. The molecular weight excluding hydrogens is 290 g/mol. The molecule has 1 heterocycles. The second kappa shape index (κ2) is 5.59. The number of hydrogen-bond acceptors (Lipinski definition) is 4. The van der Waals surface area contributed by atoms with Crippen molar-refractivity contribution in [2.45, 2.75) is 37.0 Å². The number of rotatable bonds is 5. The molecule has 0 radical (unpaired) electrons. The fourth-order valence-electron chi connectivity index (χ4n) is 3.18. The highest BCUT2D eigenvalue weighted by Gasteiger charge is 2.34. The summed E-state index contributed by atoms with van der Waals surface area (Å²) in [4.78, 5) is 0.276. The first-order valence-corrected chi connectivity index (χ1v) is 8.89. The highest BCUT2D eigenvalue weighted by molar-refractivity contribution is 7.89. The second-order valence-electron chi connectivity index (χ2n) is 6.06. The zero-order valence-corrected chi connectivity index (χ0v) is 12.8. The maximum Gasteiger partial charge on any atom is 0.240 e. The molecule has 1 saturated carbocycles. The predicted octanol–water partition coefficient (Wildman–Crippen LogP) is 1.45. The Morgan fingerprint density at radius 3 is 2.76 bits per heavy atom. The third-order valence-electron chi connectivity index (χ3n) is 4.61. The molecular formula is C15H21NO4S. The maximum absolute atomic E-state index is 12.4. The number of nitrogens with one attached hydrogen (secondary N) is 1. The van der Waals surface area contributed by atoms with Crippen molar-refractivity contribution >= 4 is 10.0 Å². The molecule has 2 aliphatic rings. The van der Waals surface area contributed by atoms with E-state index in [1.165, 1.54) is 0 Å². The molecule has 2 N–H and O–H groups in total. The van der Waals surface area contributed by atoms with Gasteiger partial charge in [0.2, 0.25) is 10.0 Å². The fourth-order valence-corrected chi connectivity index (χ4v) is 4.38. The van der Waals surface area contributed by atoms with Gasteiger partial charge in [0.1, 0.15) is 5.75 Å². The van der Waals surface area contributed by atoms with Gasteiger partial charge in [-0.25, -0.2) is 13.1 Å². The van der Waals surface area contributed by atoms with Crippen LogP contribution in [0.5, 0.6) is 5.75 Å². The minimum atomic E-state index is -3.53. The summed E-state index contributed by atoms with van der Waals surface area (Å²) in [7, 11) is -3.53. The van der Waals surface area contributed by atoms with Crippen LogP contribution in [0.1, 0.15) is 31.2 Å². The normalized spacial score (nSPS) is 20.2. The fraction of sp³-hybridized carbons (Fsp3) is 0.600. The van der Waals surface area contributed by atoms with Crippen LogP contribution in [0.3, 0.4) is 0 Å². The molecule has 3 rings (SSSR count). The van der Waals surface area contributed by atoms with Gasteiger partial charge in [0, 0.05) is 25.0 Å². The van der Waals surface area contributed by atoms with Gasteiger partial charge in [0.25, 0.3) is 0 Å².